The Balaban J connectivity index is 2.14. The standard InChI is InChI=1S/C14H22N3O7P/c1-4-9(18)15-8-5-6-17(14(21)16-8)12-10(19)11(20)13(24-12)23-7-25(2,3)22/h5-6,10-13,19-20H,4,7H2,1-3H3,(H,15,16,18,21)/t10-,11-,12+,13-/m0/s1. The molecule has 1 aromatic rings. The van der Waals surface area contributed by atoms with E-state index in [0.29, 0.717) is 0 Å². The predicted molar refractivity (Wildman–Crippen MR) is 88.7 cm³/mol. The van der Waals surface area contributed by atoms with Crippen molar-refractivity contribution in [2.45, 2.75) is 38.1 Å². The zero-order chi connectivity index (χ0) is 18.8. The highest BCUT2D eigenvalue weighted by molar-refractivity contribution is 7.62. The van der Waals surface area contributed by atoms with E-state index in [1.165, 1.54) is 25.6 Å². The summed E-state index contributed by atoms with van der Waals surface area (Å²) < 4.78 is 23.3. The summed E-state index contributed by atoms with van der Waals surface area (Å²) >= 11 is 0. The number of amides is 1. The van der Waals surface area contributed by atoms with E-state index in [9.17, 15) is 24.4 Å². The second-order valence-electron chi connectivity index (χ2n) is 6.15. The van der Waals surface area contributed by atoms with Crippen LogP contribution in [0.2, 0.25) is 0 Å². The second kappa shape index (κ2) is 7.76. The second-order valence-corrected chi connectivity index (χ2v) is 9.56. The third-order valence-electron chi connectivity index (χ3n) is 3.44. The molecule has 2 rings (SSSR count). The molecule has 1 fully saturated rings. The fourth-order valence-electron chi connectivity index (χ4n) is 2.16. The fraction of sp³-hybridized carbons (Fsp3) is 0.643. The minimum atomic E-state index is -2.51. The molecule has 1 aliphatic heterocycles. The van der Waals surface area contributed by atoms with E-state index < -0.39 is 37.6 Å². The van der Waals surface area contributed by atoms with Crippen LogP contribution in [0.15, 0.2) is 17.1 Å². The fourth-order valence-corrected chi connectivity index (χ4v) is 2.66. The van der Waals surface area contributed by atoms with Gasteiger partial charge in [-0.15, -0.1) is 0 Å². The lowest BCUT2D eigenvalue weighted by atomic mass is 10.2. The van der Waals surface area contributed by atoms with Gasteiger partial charge in [0.1, 0.15) is 31.5 Å². The molecule has 0 aromatic carbocycles. The number of hydrogen-bond donors (Lipinski definition) is 3. The number of carbonyl (C=O) groups is 1. The Kier molecular flexibility index (Phi) is 6.12. The molecule has 11 heteroatoms. The molecule has 1 saturated heterocycles. The summed E-state index contributed by atoms with van der Waals surface area (Å²) in [6, 6.07) is 1.37. The van der Waals surface area contributed by atoms with Crippen LogP contribution >= 0.6 is 7.14 Å². The predicted octanol–water partition coefficient (Wildman–Crippen LogP) is -0.235. The van der Waals surface area contributed by atoms with Crippen LogP contribution in [0.1, 0.15) is 19.6 Å². The average molecular weight is 375 g/mol. The number of aliphatic hydroxyl groups is 2. The quantitative estimate of drug-likeness (QED) is 0.579. The number of anilines is 1. The van der Waals surface area contributed by atoms with E-state index in [1.54, 1.807) is 6.92 Å². The van der Waals surface area contributed by atoms with E-state index in [1.807, 2.05) is 0 Å². The minimum absolute atomic E-state index is 0.0758. The molecule has 25 heavy (non-hydrogen) atoms. The van der Waals surface area contributed by atoms with Crippen LogP contribution in [0.25, 0.3) is 0 Å². The van der Waals surface area contributed by atoms with Gasteiger partial charge in [-0.2, -0.15) is 4.98 Å². The van der Waals surface area contributed by atoms with Crippen molar-refractivity contribution >= 4 is 18.9 Å². The van der Waals surface area contributed by atoms with Gasteiger partial charge in [0.25, 0.3) is 0 Å². The number of ether oxygens (including phenoxy) is 2. The number of hydrogen-bond acceptors (Lipinski definition) is 8. The van der Waals surface area contributed by atoms with Gasteiger partial charge in [0.15, 0.2) is 12.5 Å². The molecule has 4 atom stereocenters. The maximum Gasteiger partial charge on any atom is 0.351 e. The zero-order valence-electron chi connectivity index (χ0n) is 14.2. The van der Waals surface area contributed by atoms with Crippen LogP contribution in [0.3, 0.4) is 0 Å². The van der Waals surface area contributed by atoms with Gasteiger partial charge in [-0.1, -0.05) is 6.92 Å². The Bertz CT molecular complexity index is 731. The molecule has 0 aliphatic carbocycles. The normalized spacial score (nSPS) is 26.6. The Labute approximate surface area is 144 Å². The maximum absolute atomic E-state index is 12.1. The summed E-state index contributed by atoms with van der Waals surface area (Å²) in [5.74, 6) is -0.221. The largest absolute Gasteiger partial charge is 0.385 e. The van der Waals surface area contributed by atoms with Gasteiger partial charge in [0.05, 0.1) is 0 Å². The summed E-state index contributed by atoms with van der Waals surface area (Å²) in [4.78, 5) is 27.1. The van der Waals surface area contributed by atoms with E-state index in [2.05, 4.69) is 10.3 Å². The zero-order valence-corrected chi connectivity index (χ0v) is 15.1. The Hall–Kier alpha value is -1.58. The molecule has 0 saturated carbocycles. The van der Waals surface area contributed by atoms with Crippen LogP contribution in [0, 0.1) is 0 Å². The maximum atomic E-state index is 12.1. The molecule has 0 unspecified atom stereocenters. The summed E-state index contributed by atoms with van der Waals surface area (Å²) in [7, 11) is -2.51. The van der Waals surface area contributed by atoms with E-state index in [4.69, 9.17) is 9.47 Å². The molecular formula is C14H22N3O7P. The van der Waals surface area contributed by atoms with Gasteiger partial charge < -0.3 is 29.6 Å². The molecule has 1 amide bonds. The monoisotopic (exact) mass is 375 g/mol. The molecule has 2 heterocycles. The summed E-state index contributed by atoms with van der Waals surface area (Å²) in [5, 5.41) is 22.6. The number of aliphatic hydroxyl groups excluding tert-OH is 2. The van der Waals surface area contributed by atoms with Crippen molar-refractivity contribution in [2.75, 3.05) is 25.0 Å². The van der Waals surface area contributed by atoms with Gasteiger partial charge in [-0.25, -0.2) is 4.79 Å². The molecule has 0 radical (unpaired) electrons. The van der Waals surface area contributed by atoms with Crippen molar-refractivity contribution in [3.63, 3.8) is 0 Å². The minimum Gasteiger partial charge on any atom is -0.385 e. The first-order valence-electron chi connectivity index (χ1n) is 7.68. The van der Waals surface area contributed by atoms with Gasteiger partial charge in [0, 0.05) is 12.6 Å². The SMILES string of the molecule is CCC(=O)Nc1ccn([C@@H]2O[C@H](OCP(C)(C)=O)[C@@H](O)[C@@H]2O)c(=O)n1. The van der Waals surface area contributed by atoms with Crippen molar-refractivity contribution in [1.29, 1.82) is 0 Å². The lowest BCUT2D eigenvalue weighted by Crippen LogP contribution is -2.36. The van der Waals surface area contributed by atoms with E-state index in [-0.39, 0.29) is 24.5 Å². The number of carbonyl (C=O) groups excluding carboxylic acids is 1. The highest BCUT2D eigenvalue weighted by Gasteiger charge is 2.45. The van der Waals surface area contributed by atoms with Crippen molar-refractivity contribution in [2.24, 2.45) is 0 Å². The van der Waals surface area contributed by atoms with Gasteiger partial charge in [-0.05, 0) is 19.4 Å². The smallest absolute Gasteiger partial charge is 0.351 e. The van der Waals surface area contributed by atoms with Crippen LogP contribution in [-0.4, -0.2) is 63.8 Å². The Morgan fingerprint density at radius 1 is 1.44 bits per heavy atom. The lowest BCUT2D eigenvalue weighted by Gasteiger charge is -2.17. The number of rotatable bonds is 6. The van der Waals surface area contributed by atoms with Crippen molar-refractivity contribution in [3.8, 4) is 0 Å². The number of nitrogens with one attached hydrogen (secondary N) is 1. The molecule has 1 aromatic heterocycles. The van der Waals surface area contributed by atoms with Crippen LogP contribution in [0.5, 0.6) is 0 Å². The molecule has 1 aliphatic rings. The lowest BCUT2D eigenvalue weighted by molar-refractivity contribution is -0.167. The van der Waals surface area contributed by atoms with E-state index in [0.717, 1.165) is 4.57 Å². The average Bonchev–Trinajstić information content (AvgIpc) is 2.80. The number of aromatic nitrogens is 2. The highest BCUT2D eigenvalue weighted by atomic mass is 31.2. The highest BCUT2D eigenvalue weighted by Crippen LogP contribution is 2.38. The van der Waals surface area contributed by atoms with E-state index >= 15 is 0 Å². The topological polar surface area (TPSA) is 140 Å². The first-order chi connectivity index (χ1) is 11.6. The third kappa shape index (κ3) is 4.96. The van der Waals surface area contributed by atoms with Crippen LogP contribution in [0.4, 0.5) is 5.82 Å². The summed E-state index contributed by atoms with van der Waals surface area (Å²) in [6.45, 7) is 4.69. The molecular weight excluding hydrogens is 353 g/mol. The first-order valence-corrected chi connectivity index (χ1v) is 10.5. The summed E-state index contributed by atoms with van der Waals surface area (Å²) in [5.41, 5.74) is -0.776. The van der Waals surface area contributed by atoms with Crippen LogP contribution in [-0.2, 0) is 18.8 Å². The Morgan fingerprint density at radius 3 is 2.68 bits per heavy atom. The van der Waals surface area contributed by atoms with Gasteiger partial charge in [-0.3, -0.25) is 9.36 Å². The van der Waals surface area contributed by atoms with Crippen LogP contribution < -0.4 is 11.0 Å². The van der Waals surface area contributed by atoms with Crippen molar-refractivity contribution < 1.29 is 29.0 Å². The molecule has 3 N–H and O–H groups in total. The molecule has 0 spiro atoms. The first kappa shape index (κ1) is 19.7. The molecule has 0 bridgehead atoms. The van der Waals surface area contributed by atoms with Crippen molar-refractivity contribution in [1.82, 2.24) is 9.55 Å². The molecule has 10 nitrogen and oxygen atoms in total. The van der Waals surface area contributed by atoms with Gasteiger partial charge >= 0.3 is 5.69 Å². The summed E-state index contributed by atoms with van der Waals surface area (Å²) in [6.07, 6.45) is -3.91. The van der Waals surface area contributed by atoms with Crippen molar-refractivity contribution in [3.05, 3.63) is 22.7 Å². The number of nitrogens with zero attached hydrogens (tertiary/aromatic N) is 2. The third-order valence-corrected chi connectivity index (χ3v) is 4.21. The van der Waals surface area contributed by atoms with Gasteiger partial charge in [0.2, 0.25) is 5.91 Å². The molecule has 140 valence electrons. The Morgan fingerprint density at radius 2 is 2.12 bits per heavy atom.